The van der Waals surface area contributed by atoms with Gasteiger partial charge in [-0.3, -0.25) is 4.98 Å². The largest absolute Gasteiger partial charge is 0.338 e. The fraction of sp³-hybridized carbons (Fsp3) is 0. The van der Waals surface area contributed by atoms with E-state index in [2.05, 4.69) is 85.2 Å². The number of thiazole rings is 1. The van der Waals surface area contributed by atoms with E-state index in [1.807, 2.05) is 41.9 Å². The molecule has 10 rings (SSSR count). The maximum absolute atomic E-state index is 5.22. The van der Waals surface area contributed by atoms with Crippen molar-refractivity contribution in [1.82, 2.24) is 39.5 Å². The minimum Gasteiger partial charge on any atom is -0.338 e. The van der Waals surface area contributed by atoms with E-state index in [0.717, 1.165) is 81.9 Å². The highest BCUT2D eigenvalue weighted by Crippen LogP contribution is 2.52. The molecule has 0 fully saturated rings. The average Bonchev–Trinajstić information content (AvgIpc) is 3.95. The Bertz CT molecular complexity index is 2620. The second-order valence-electron chi connectivity index (χ2n) is 11.1. The van der Waals surface area contributed by atoms with Crippen LogP contribution in [0.15, 0.2) is 109 Å². The molecule has 4 aromatic heterocycles. The van der Waals surface area contributed by atoms with Crippen LogP contribution in [0, 0.1) is 0 Å². The molecule has 2 aliphatic rings. The van der Waals surface area contributed by atoms with Crippen LogP contribution in [0.1, 0.15) is 0 Å². The minimum absolute atomic E-state index is 0.698. The van der Waals surface area contributed by atoms with Gasteiger partial charge in [-0.15, -0.1) is 27.8 Å². The van der Waals surface area contributed by atoms with Crippen molar-refractivity contribution in [2.45, 2.75) is 0 Å². The number of rotatable bonds is 5. The Morgan fingerprint density at radius 1 is 0.617 bits per heavy atom. The summed E-state index contributed by atoms with van der Waals surface area (Å²) in [5, 5.41) is 8.67. The molecule has 2 N–H and O–H groups in total. The molecule has 8 nitrogen and oxygen atoms in total. The maximum atomic E-state index is 5.22. The van der Waals surface area contributed by atoms with Gasteiger partial charge >= 0.3 is 0 Å². The number of nitrogens with zero attached hydrogens (tertiary/aromatic N) is 6. The van der Waals surface area contributed by atoms with Crippen LogP contribution in [-0.4, -0.2) is 39.5 Å². The van der Waals surface area contributed by atoms with Crippen molar-refractivity contribution >= 4 is 65.5 Å². The Balaban J connectivity index is 1.41. The monoisotopic (exact) mass is 660 g/mol. The van der Waals surface area contributed by atoms with Crippen molar-refractivity contribution in [3.05, 3.63) is 109 Å². The van der Waals surface area contributed by atoms with Gasteiger partial charge in [0.1, 0.15) is 28.0 Å². The summed E-state index contributed by atoms with van der Waals surface area (Å²) >= 11 is 4.77. The summed E-state index contributed by atoms with van der Waals surface area (Å²) in [6.45, 7) is 0. The van der Waals surface area contributed by atoms with Crippen LogP contribution in [-0.2, 0) is 0 Å². The Labute approximate surface area is 279 Å². The topological polar surface area (TPSA) is 109 Å². The highest BCUT2D eigenvalue weighted by atomic mass is 32.1. The second-order valence-corrected chi connectivity index (χ2v) is 13.8. The molecule has 0 aliphatic carbocycles. The number of aromatic nitrogens is 8. The number of hydrogen-bond donors (Lipinski definition) is 2. The summed E-state index contributed by atoms with van der Waals surface area (Å²) in [5.74, 6) is 1.44. The van der Waals surface area contributed by atoms with E-state index >= 15 is 0 Å². The van der Waals surface area contributed by atoms with Crippen LogP contribution >= 0.6 is 34.2 Å². The van der Waals surface area contributed by atoms with Crippen LogP contribution in [0.5, 0.6) is 0 Å². The maximum Gasteiger partial charge on any atom is 0.139 e. The molecule has 0 spiro atoms. The fourth-order valence-corrected chi connectivity index (χ4v) is 8.81. The molecular weight excluding hydrogens is 641 g/mol. The molecule has 8 aromatic rings. The number of hydrogen-bond acceptors (Lipinski definition) is 9. The van der Waals surface area contributed by atoms with Crippen molar-refractivity contribution in [2.75, 3.05) is 0 Å². The summed E-state index contributed by atoms with van der Waals surface area (Å²) < 4.78 is 6.60. The van der Waals surface area contributed by atoms with Gasteiger partial charge in [-0.05, 0) is 65.4 Å². The van der Waals surface area contributed by atoms with Gasteiger partial charge < -0.3 is 9.97 Å². The van der Waals surface area contributed by atoms with Gasteiger partial charge in [-0.25, -0.2) is 15.0 Å². The quantitative estimate of drug-likeness (QED) is 0.190. The lowest BCUT2D eigenvalue weighted by molar-refractivity contribution is 1.15. The first-order valence-electron chi connectivity index (χ1n) is 14.9. The number of H-pyrrole nitrogens is 2. The molecule has 11 heteroatoms. The zero-order valence-corrected chi connectivity index (χ0v) is 26.7. The van der Waals surface area contributed by atoms with Crippen LogP contribution in [0.3, 0.4) is 0 Å². The van der Waals surface area contributed by atoms with E-state index in [9.17, 15) is 0 Å². The van der Waals surface area contributed by atoms with E-state index < -0.39 is 0 Å². The van der Waals surface area contributed by atoms with Crippen molar-refractivity contribution in [2.24, 2.45) is 0 Å². The number of para-hydroxylation sites is 3. The molecule has 0 saturated heterocycles. The van der Waals surface area contributed by atoms with Crippen LogP contribution in [0.4, 0.5) is 0 Å². The summed E-state index contributed by atoms with van der Waals surface area (Å²) in [6, 6.07) is 31.3. The van der Waals surface area contributed by atoms with E-state index in [1.165, 1.54) is 21.6 Å². The van der Waals surface area contributed by atoms with Gasteiger partial charge in [-0.1, -0.05) is 47.0 Å². The van der Waals surface area contributed by atoms with Crippen molar-refractivity contribution in [1.29, 1.82) is 0 Å². The van der Waals surface area contributed by atoms with Gasteiger partial charge in [0, 0.05) is 49.0 Å². The molecule has 4 aromatic carbocycles. The van der Waals surface area contributed by atoms with Crippen molar-refractivity contribution in [3.63, 3.8) is 0 Å². The molecule has 0 amide bonds. The van der Waals surface area contributed by atoms with Gasteiger partial charge in [0.25, 0.3) is 0 Å². The molecule has 0 radical (unpaired) electrons. The molecule has 222 valence electrons. The molecule has 2 aliphatic heterocycles. The summed E-state index contributed by atoms with van der Waals surface area (Å²) in [7, 11) is 0. The summed E-state index contributed by atoms with van der Waals surface area (Å²) in [5.41, 5.74) is 10.0. The normalized spacial score (nSPS) is 11.8. The Hall–Kier alpha value is -5.62. The van der Waals surface area contributed by atoms with E-state index in [1.54, 1.807) is 28.9 Å². The lowest BCUT2D eigenvalue weighted by Crippen LogP contribution is -2.01. The first-order chi connectivity index (χ1) is 23.3. The summed E-state index contributed by atoms with van der Waals surface area (Å²) in [6.07, 6.45) is 3.60. The highest BCUT2D eigenvalue weighted by Gasteiger charge is 2.29. The number of imidazole rings is 1. The molecule has 0 saturated carbocycles. The number of aromatic amines is 2. The summed E-state index contributed by atoms with van der Waals surface area (Å²) in [4.78, 5) is 28.1. The minimum atomic E-state index is 0.698. The van der Waals surface area contributed by atoms with Gasteiger partial charge in [-0.2, -0.15) is 0 Å². The number of benzene rings is 4. The number of fused-ring (bicyclic) bond motifs is 4. The standard InChI is InChI=1S/C36H20N8S3/c1-5-11-28-19(7-1)15-30(46-28)33-31(35-40-22-8-2-3-9-23(22)41-35)21(34-38-17-26-24(39-34)13-14-37-26)16-20(27-18-45-44-43-27)32(33)36-42-25-10-4-6-12-29(25)47-36/h1-18H,(H,38,39)(H,40,41). The zero-order valence-electron chi connectivity index (χ0n) is 24.3. The van der Waals surface area contributed by atoms with E-state index in [4.69, 9.17) is 15.0 Å². The number of thiophene rings is 1. The van der Waals surface area contributed by atoms with Crippen LogP contribution in [0.2, 0.25) is 0 Å². The third-order valence-electron chi connectivity index (χ3n) is 8.32. The fourth-order valence-electron chi connectivity index (χ4n) is 6.20. The second kappa shape index (κ2) is 10.5. The average molecular weight is 661 g/mol. The lowest BCUT2D eigenvalue weighted by atomic mass is 9.88. The molecule has 47 heavy (non-hydrogen) atoms. The van der Waals surface area contributed by atoms with Crippen molar-refractivity contribution in [3.8, 4) is 66.4 Å². The molecule has 6 heterocycles. The van der Waals surface area contributed by atoms with E-state index in [-0.39, 0.29) is 0 Å². The van der Waals surface area contributed by atoms with Crippen LogP contribution < -0.4 is 0 Å². The van der Waals surface area contributed by atoms with Crippen molar-refractivity contribution < 1.29 is 0 Å². The number of nitrogens with one attached hydrogen (secondary N) is 2. The Kier molecular flexibility index (Phi) is 5.92. The van der Waals surface area contributed by atoms with Gasteiger partial charge in [0.15, 0.2) is 0 Å². The first kappa shape index (κ1) is 26.6. The third kappa shape index (κ3) is 4.32. The molecular formula is C36H20N8S3. The highest BCUT2D eigenvalue weighted by molar-refractivity contribution is 7.23. The molecule has 0 unspecified atom stereocenters. The zero-order chi connectivity index (χ0) is 30.9. The van der Waals surface area contributed by atoms with Gasteiger partial charge in [0.2, 0.25) is 0 Å². The predicted molar refractivity (Wildman–Crippen MR) is 192 cm³/mol. The van der Waals surface area contributed by atoms with Crippen LogP contribution in [0.25, 0.3) is 97.8 Å². The Morgan fingerprint density at radius 2 is 1.47 bits per heavy atom. The Morgan fingerprint density at radius 3 is 2.32 bits per heavy atom. The predicted octanol–water partition coefficient (Wildman–Crippen LogP) is 9.80. The smallest absolute Gasteiger partial charge is 0.139 e. The van der Waals surface area contributed by atoms with Gasteiger partial charge in [0.05, 0.1) is 33.1 Å². The first-order valence-corrected chi connectivity index (χ1v) is 17.3. The lowest BCUT2D eigenvalue weighted by Gasteiger charge is -2.19. The van der Waals surface area contributed by atoms with E-state index in [0.29, 0.717) is 5.82 Å². The molecule has 0 atom stereocenters. The third-order valence-corrected chi connectivity index (χ3v) is 11.0. The molecule has 0 bridgehead atoms. The SMILES string of the molecule is c1ccc2sc(-c3c(-c4nc5ccccc5[nH]4)c(-c4ncc5nccc-5[nH]4)cc(-c4csnn4)c3-c3nc4ccccc4s3)cc2c1.